The molecule has 1 aliphatic rings. The third-order valence-electron chi connectivity index (χ3n) is 5.08. The fourth-order valence-electron chi connectivity index (χ4n) is 3.51. The van der Waals surface area contributed by atoms with E-state index in [0.717, 1.165) is 46.4 Å². The number of carbonyl (C=O) groups excluding carboxylic acids is 1. The second-order valence-electron chi connectivity index (χ2n) is 6.82. The molecule has 1 amide bonds. The summed E-state index contributed by atoms with van der Waals surface area (Å²) in [4.78, 5) is 18.4. The number of H-pyrrole nitrogens is 1. The van der Waals surface area contributed by atoms with Crippen LogP contribution in [0.15, 0.2) is 53.3 Å². The molecule has 1 atom stereocenters. The summed E-state index contributed by atoms with van der Waals surface area (Å²) >= 11 is 0. The number of pyridine rings is 1. The Morgan fingerprint density at radius 2 is 2.00 bits per heavy atom. The van der Waals surface area contributed by atoms with E-state index in [9.17, 15) is 4.79 Å². The van der Waals surface area contributed by atoms with Crippen LogP contribution in [0.1, 0.15) is 18.1 Å². The fraction of sp³-hybridized carbons (Fsp3) is 0.200. The zero-order chi connectivity index (χ0) is 18.4. The van der Waals surface area contributed by atoms with E-state index in [1.165, 1.54) is 0 Å². The van der Waals surface area contributed by atoms with Gasteiger partial charge >= 0.3 is 0 Å². The van der Waals surface area contributed by atoms with Crippen molar-refractivity contribution in [3.05, 3.63) is 54.6 Å². The summed E-state index contributed by atoms with van der Waals surface area (Å²) in [6, 6.07) is 11.8. The Bertz CT molecular complexity index is 1150. The van der Waals surface area contributed by atoms with Gasteiger partial charge in [0.2, 0.25) is 5.91 Å². The molecule has 5 rings (SSSR count). The Balaban J connectivity index is 1.48. The molecule has 1 aliphatic heterocycles. The van der Waals surface area contributed by atoms with E-state index in [4.69, 9.17) is 4.52 Å². The van der Waals surface area contributed by atoms with Crippen LogP contribution in [0.5, 0.6) is 0 Å². The van der Waals surface area contributed by atoms with Gasteiger partial charge in [-0.1, -0.05) is 23.4 Å². The van der Waals surface area contributed by atoms with Crippen LogP contribution in [-0.2, 0) is 4.79 Å². The number of amides is 1. The van der Waals surface area contributed by atoms with E-state index >= 15 is 0 Å². The second-order valence-corrected chi connectivity index (χ2v) is 6.82. The molecular formula is C20H17N5O2. The largest absolute Gasteiger partial charge is 0.360 e. The van der Waals surface area contributed by atoms with Crippen LogP contribution in [0.25, 0.3) is 33.4 Å². The summed E-state index contributed by atoms with van der Waals surface area (Å²) in [6.45, 7) is 0.747. The third-order valence-corrected chi connectivity index (χ3v) is 5.08. The average Bonchev–Trinajstić information content (AvgIpc) is 3.42. The SMILES string of the molecule is CN1CCC(c2cc(-c3cccc(-c4cc5cn[nH]c5cn4)c3)no2)C1=O. The molecule has 0 saturated carbocycles. The first kappa shape index (κ1) is 15.7. The first-order chi connectivity index (χ1) is 13.2. The molecule has 0 spiro atoms. The van der Waals surface area contributed by atoms with Crippen molar-refractivity contribution in [2.24, 2.45) is 0 Å². The number of nitrogens with zero attached hydrogens (tertiary/aromatic N) is 4. The number of aromatic amines is 1. The summed E-state index contributed by atoms with van der Waals surface area (Å²) in [6.07, 6.45) is 4.32. The van der Waals surface area contributed by atoms with Gasteiger partial charge in [-0.05, 0) is 18.6 Å². The lowest BCUT2D eigenvalue weighted by Gasteiger charge is -2.06. The van der Waals surface area contributed by atoms with Crippen LogP contribution in [-0.4, -0.2) is 44.7 Å². The molecule has 7 heteroatoms. The average molecular weight is 359 g/mol. The van der Waals surface area contributed by atoms with Gasteiger partial charge in [-0.2, -0.15) is 5.10 Å². The third kappa shape index (κ3) is 2.68. The molecule has 134 valence electrons. The minimum Gasteiger partial charge on any atom is -0.360 e. The quantitative estimate of drug-likeness (QED) is 0.607. The van der Waals surface area contributed by atoms with Crippen LogP contribution in [0.3, 0.4) is 0 Å². The molecule has 1 unspecified atom stereocenters. The summed E-state index contributed by atoms with van der Waals surface area (Å²) in [5.74, 6) is 0.483. The molecular weight excluding hydrogens is 342 g/mol. The molecule has 27 heavy (non-hydrogen) atoms. The second kappa shape index (κ2) is 6.05. The van der Waals surface area contributed by atoms with E-state index in [0.29, 0.717) is 5.76 Å². The van der Waals surface area contributed by atoms with Crippen LogP contribution in [0.4, 0.5) is 0 Å². The minimum absolute atomic E-state index is 0.0871. The van der Waals surface area contributed by atoms with E-state index in [1.807, 2.05) is 43.4 Å². The van der Waals surface area contributed by atoms with Crippen molar-refractivity contribution in [3.63, 3.8) is 0 Å². The number of hydrogen-bond donors (Lipinski definition) is 1. The van der Waals surface area contributed by atoms with Crippen LogP contribution in [0, 0.1) is 0 Å². The Hall–Kier alpha value is -3.48. The van der Waals surface area contributed by atoms with Gasteiger partial charge in [-0.3, -0.25) is 14.9 Å². The molecule has 0 radical (unpaired) electrons. The van der Waals surface area contributed by atoms with Gasteiger partial charge in [0.25, 0.3) is 0 Å². The van der Waals surface area contributed by atoms with Gasteiger partial charge in [0, 0.05) is 36.2 Å². The molecule has 0 aliphatic carbocycles. The topological polar surface area (TPSA) is 87.9 Å². The summed E-state index contributed by atoms with van der Waals surface area (Å²) in [5.41, 5.74) is 4.40. The highest BCUT2D eigenvalue weighted by atomic mass is 16.5. The molecule has 4 aromatic rings. The highest BCUT2D eigenvalue weighted by Crippen LogP contribution is 2.32. The Labute approximate surface area is 155 Å². The number of carbonyl (C=O) groups is 1. The van der Waals surface area contributed by atoms with Crippen molar-refractivity contribution in [1.82, 2.24) is 25.2 Å². The van der Waals surface area contributed by atoms with Crippen molar-refractivity contribution < 1.29 is 9.32 Å². The Morgan fingerprint density at radius 1 is 1.15 bits per heavy atom. The van der Waals surface area contributed by atoms with Gasteiger partial charge < -0.3 is 9.42 Å². The number of likely N-dealkylation sites (tertiary alicyclic amines) is 1. The normalized spacial score (nSPS) is 17.1. The van der Waals surface area contributed by atoms with Crippen LogP contribution < -0.4 is 0 Å². The number of rotatable bonds is 3. The van der Waals surface area contributed by atoms with Gasteiger partial charge in [0.1, 0.15) is 17.4 Å². The van der Waals surface area contributed by atoms with Gasteiger partial charge in [0.15, 0.2) is 0 Å². The zero-order valence-electron chi connectivity index (χ0n) is 14.7. The highest BCUT2D eigenvalue weighted by molar-refractivity contribution is 5.85. The lowest BCUT2D eigenvalue weighted by atomic mass is 10.0. The summed E-state index contributed by atoms with van der Waals surface area (Å²) < 4.78 is 5.49. The predicted octanol–water partition coefficient (Wildman–Crippen LogP) is 3.23. The van der Waals surface area contributed by atoms with E-state index in [-0.39, 0.29) is 11.8 Å². The zero-order valence-corrected chi connectivity index (χ0v) is 14.7. The molecule has 3 aromatic heterocycles. The van der Waals surface area contributed by atoms with Gasteiger partial charge in [0.05, 0.1) is 23.6 Å². The smallest absolute Gasteiger partial charge is 0.233 e. The standard InChI is InChI=1S/C20H17N5O2/c1-25-6-5-15(20(25)26)19-9-17(24-27-19)13-4-2-3-12(7-13)16-8-14-10-22-23-18(14)11-21-16/h2-4,7-11,15H,5-6H2,1H3,(H,22,23). The molecule has 1 N–H and O–H groups in total. The van der Waals surface area contributed by atoms with E-state index in [2.05, 4.69) is 20.3 Å². The molecule has 0 bridgehead atoms. The first-order valence-electron chi connectivity index (χ1n) is 8.80. The van der Waals surface area contributed by atoms with Crippen molar-refractivity contribution in [2.75, 3.05) is 13.6 Å². The number of benzene rings is 1. The molecule has 1 saturated heterocycles. The summed E-state index contributed by atoms with van der Waals surface area (Å²) in [5, 5.41) is 12.1. The van der Waals surface area contributed by atoms with Gasteiger partial charge in [-0.15, -0.1) is 0 Å². The number of fused-ring (bicyclic) bond motifs is 1. The molecule has 4 heterocycles. The maximum Gasteiger partial charge on any atom is 0.233 e. The van der Waals surface area contributed by atoms with Crippen molar-refractivity contribution in [1.29, 1.82) is 0 Å². The summed E-state index contributed by atoms with van der Waals surface area (Å²) in [7, 11) is 1.81. The van der Waals surface area contributed by atoms with Crippen LogP contribution >= 0.6 is 0 Å². The minimum atomic E-state index is -0.232. The lowest BCUT2D eigenvalue weighted by Crippen LogP contribution is -2.21. The number of aromatic nitrogens is 4. The Kier molecular flexibility index (Phi) is 3.53. The maximum atomic E-state index is 12.2. The highest BCUT2D eigenvalue weighted by Gasteiger charge is 2.33. The van der Waals surface area contributed by atoms with Crippen molar-refractivity contribution >= 4 is 16.8 Å². The Morgan fingerprint density at radius 3 is 2.81 bits per heavy atom. The van der Waals surface area contributed by atoms with Crippen LogP contribution in [0.2, 0.25) is 0 Å². The maximum absolute atomic E-state index is 12.2. The number of nitrogens with one attached hydrogen (secondary N) is 1. The predicted molar refractivity (Wildman–Crippen MR) is 99.8 cm³/mol. The van der Waals surface area contributed by atoms with Gasteiger partial charge in [-0.25, -0.2) is 0 Å². The fourth-order valence-corrected chi connectivity index (χ4v) is 3.51. The van der Waals surface area contributed by atoms with E-state index in [1.54, 1.807) is 17.3 Å². The monoisotopic (exact) mass is 359 g/mol. The van der Waals surface area contributed by atoms with Crippen molar-refractivity contribution in [3.8, 4) is 22.5 Å². The molecule has 1 aromatic carbocycles. The van der Waals surface area contributed by atoms with E-state index < -0.39 is 0 Å². The first-order valence-corrected chi connectivity index (χ1v) is 8.80. The number of hydrogen-bond acceptors (Lipinski definition) is 5. The molecule has 7 nitrogen and oxygen atoms in total. The number of likely N-dealkylation sites (N-methyl/N-ethyl adjacent to an activating group) is 1. The lowest BCUT2D eigenvalue weighted by molar-refractivity contribution is -0.128. The van der Waals surface area contributed by atoms with Crippen molar-refractivity contribution in [2.45, 2.75) is 12.3 Å². The molecule has 1 fully saturated rings.